The normalized spacial score (nSPS) is 10.6. The Bertz CT molecular complexity index is 708. The molecule has 2 aromatic heterocycles. The van der Waals surface area contributed by atoms with Gasteiger partial charge in [-0.05, 0) is 28.1 Å². The molecule has 0 spiro atoms. The van der Waals surface area contributed by atoms with Crippen LogP contribution in [0.3, 0.4) is 0 Å². The Kier molecular flexibility index (Phi) is 3.00. The maximum atomic E-state index is 5.75. The van der Waals surface area contributed by atoms with Gasteiger partial charge in [-0.1, -0.05) is 18.2 Å². The van der Waals surface area contributed by atoms with Crippen molar-refractivity contribution in [2.45, 2.75) is 0 Å². The molecule has 2 heterocycles. The Labute approximate surface area is 118 Å². The zero-order valence-corrected chi connectivity index (χ0v) is 11.4. The molecule has 0 amide bonds. The molecule has 6 heteroatoms. The zero-order chi connectivity index (χ0) is 13.2. The Balaban J connectivity index is 1.99. The van der Waals surface area contributed by atoms with E-state index in [1.54, 1.807) is 17.1 Å². The number of benzene rings is 1. The van der Waals surface area contributed by atoms with Crippen molar-refractivity contribution in [2.75, 3.05) is 5.73 Å². The predicted molar refractivity (Wildman–Crippen MR) is 76.7 cm³/mol. The fourth-order valence-corrected chi connectivity index (χ4v) is 1.87. The van der Waals surface area contributed by atoms with Crippen molar-refractivity contribution in [3.8, 4) is 17.1 Å². The summed E-state index contributed by atoms with van der Waals surface area (Å²) in [5.41, 5.74) is 7.56. The first-order chi connectivity index (χ1) is 9.24. The summed E-state index contributed by atoms with van der Waals surface area (Å²) in [5.74, 6) is 0.973. The van der Waals surface area contributed by atoms with E-state index in [0.29, 0.717) is 16.1 Å². The van der Waals surface area contributed by atoms with Gasteiger partial charge in [-0.25, -0.2) is 14.6 Å². The van der Waals surface area contributed by atoms with Crippen LogP contribution in [-0.4, -0.2) is 19.7 Å². The summed E-state index contributed by atoms with van der Waals surface area (Å²) < 4.78 is 2.46. The summed E-state index contributed by atoms with van der Waals surface area (Å²) in [6.45, 7) is 0. The van der Waals surface area contributed by atoms with Gasteiger partial charge >= 0.3 is 0 Å². The molecule has 0 aliphatic rings. The molecule has 3 rings (SSSR count). The van der Waals surface area contributed by atoms with Crippen molar-refractivity contribution in [1.29, 1.82) is 0 Å². The summed E-state index contributed by atoms with van der Waals surface area (Å²) in [7, 11) is 0. The number of hydrogen-bond acceptors (Lipinski definition) is 4. The molecule has 3 aromatic rings. The number of aromatic nitrogens is 4. The number of nitrogens with two attached hydrogens (primary N) is 1. The monoisotopic (exact) mass is 315 g/mol. The topological polar surface area (TPSA) is 69.6 Å². The van der Waals surface area contributed by atoms with Crippen molar-refractivity contribution in [3.63, 3.8) is 0 Å². The van der Waals surface area contributed by atoms with Gasteiger partial charge in [-0.15, -0.1) is 0 Å². The van der Waals surface area contributed by atoms with Crippen LogP contribution in [0.1, 0.15) is 0 Å². The van der Waals surface area contributed by atoms with Gasteiger partial charge in [0.1, 0.15) is 5.82 Å². The maximum absolute atomic E-state index is 5.75. The van der Waals surface area contributed by atoms with E-state index in [0.717, 1.165) is 11.3 Å². The number of para-hydroxylation sites is 1. The lowest BCUT2D eigenvalue weighted by atomic mass is 10.3. The first kappa shape index (κ1) is 11.9. The van der Waals surface area contributed by atoms with Gasteiger partial charge in [0.05, 0.1) is 21.9 Å². The molecular formula is C13H10BrN5. The highest BCUT2D eigenvalue weighted by Crippen LogP contribution is 2.21. The van der Waals surface area contributed by atoms with Crippen molar-refractivity contribution < 1.29 is 0 Å². The molecule has 0 aliphatic carbocycles. The Morgan fingerprint density at radius 2 is 1.89 bits per heavy atom. The minimum absolute atomic E-state index is 0.414. The fraction of sp³-hybridized carbons (Fsp3) is 0. The molecule has 0 aliphatic heterocycles. The largest absolute Gasteiger partial charge is 0.383 e. The zero-order valence-electron chi connectivity index (χ0n) is 9.86. The van der Waals surface area contributed by atoms with E-state index in [9.17, 15) is 0 Å². The van der Waals surface area contributed by atoms with E-state index in [-0.39, 0.29) is 0 Å². The summed E-state index contributed by atoms with van der Waals surface area (Å²) in [4.78, 5) is 8.44. The van der Waals surface area contributed by atoms with Gasteiger partial charge < -0.3 is 5.73 Å². The highest BCUT2D eigenvalue weighted by molar-refractivity contribution is 9.10. The third-order valence-electron chi connectivity index (χ3n) is 2.63. The summed E-state index contributed by atoms with van der Waals surface area (Å²) in [5, 5.41) is 4.30. The second kappa shape index (κ2) is 4.81. The third-order valence-corrected chi connectivity index (χ3v) is 3.24. The smallest absolute Gasteiger partial charge is 0.164 e. The summed E-state index contributed by atoms with van der Waals surface area (Å²) in [6, 6.07) is 9.85. The molecule has 0 saturated carbocycles. The molecule has 94 valence electrons. The van der Waals surface area contributed by atoms with E-state index in [1.807, 2.05) is 36.5 Å². The quantitative estimate of drug-likeness (QED) is 0.789. The second-order valence-electron chi connectivity index (χ2n) is 3.94. The Morgan fingerprint density at radius 1 is 1.11 bits per heavy atom. The van der Waals surface area contributed by atoms with E-state index >= 15 is 0 Å². The number of hydrogen-bond donors (Lipinski definition) is 1. The van der Waals surface area contributed by atoms with Crippen LogP contribution in [0.2, 0.25) is 0 Å². The minimum Gasteiger partial charge on any atom is -0.383 e. The molecule has 0 radical (unpaired) electrons. The van der Waals surface area contributed by atoms with Gasteiger partial charge in [-0.2, -0.15) is 5.10 Å². The molecular weight excluding hydrogens is 306 g/mol. The van der Waals surface area contributed by atoms with Crippen LogP contribution >= 0.6 is 15.9 Å². The lowest BCUT2D eigenvalue weighted by Gasteiger charge is -2.00. The molecule has 0 unspecified atom stereocenters. The van der Waals surface area contributed by atoms with Crippen molar-refractivity contribution in [3.05, 3.63) is 53.4 Å². The highest BCUT2D eigenvalue weighted by atomic mass is 79.9. The molecule has 5 nitrogen and oxygen atoms in total. The van der Waals surface area contributed by atoms with E-state index in [4.69, 9.17) is 5.73 Å². The average molecular weight is 316 g/mol. The van der Waals surface area contributed by atoms with Crippen molar-refractivity contribution >= 4 is 21.7 Å². The van der Waals surface area contributed by atoms with Gasteiger partial charge in [0.2, 0.25) is 0 Å². The molecule has 1 aromatic carbocycles. The van der Waals surface area contributed by atoms with Crippen LogP contribution in [0.5, 0.6) is 0 Å². The fourth-order valence-electron chi connectivity index (χ4n) is 1.68. The first-order valence-corrected chi connectivity index (χ1v) is 6.42. The summed E-state index contributed by atoms with van der Waals surface area (Å²) in [6.07, 6.45) is 5.23. The van der Waals surface area contributed by atoms with Gasteiger partial charge in [0.25, 0.3) is 0 Å². The predicted octanol–water partition coefficient (Wildman–Crippen LogP) is 2.67. The van der Waals surface area contributed by atoms with Crippen molar-refractivity contribution in [1.82, 2.24) is 19.7 Å². The van der Waals surface area contributed by atoms with Crippen LogP contribution in [0.15, 0.2) is 53.4 Å². The Morgan fingerprint density at radius 3 is 2.63 bits per heavy atom. The molecule has 0 fully saturated rings. The van der Waals surface area contributed by atoms with E-state index in [1.165, 1.54) is 0 Å². The molecule has 19 heavy (non-hydrogen) atoms. The number of nitrogen functional groups attached to an aromatic ring is 1. The number of halogens is 1. The van der Waals surface area contributed by atoms with Gasteiger partial charge in [-0.3, -0.25) is 0 Å². The van der Waals surface area contributed by atoms with Crippen molar-refractivity contribution in [2.24, 2.45) is 0 Å². The second-order valence-corrected chi connectivity index (χ2v) is 4.79. The van der Waals surface area contributed by atoms with Crippen LogP contribution in [0.25, 0.3) is 17.1 Å². The van der Waals surface area contributed by atoms with Gasteiger partial charge in [0, 0.05) is 12.4 Å². The van der Waals surface area contributed by atoms with E-state index < -0.39 is 0 Å². The number of rotatable bonds is 2. The minimum atomic E-state index is 0.414. The molecule has 0 bridgehead atoms. The van der Waals surface area contributed by atoms with Crippen LogP contribution in [0.4, 0.5) is 5.82 Å². The van der Waals surface area contributed by atoms with Crippen LogP contribution in [0, 0.1) is 0 Å². The molecule has 2 N–H and O–H groups in total. The molecule has 0 saturated heterocycles. The van der Waals surface area contributed by atoms with Crippen LogP contribution in [-0.2, 0) is 0 Å². The first-order valence-electron chi connectivity index (χ1n) is 5.62. The lowest BCUT2D eigenvalue weighted by molar-refractivity contribution is 0.880. The average Bonchev–Trinajstić information content (AvgIpc) is 2.93. The third kappa shape index (κ3) is 2.34. The Hall–Kier alpha value is -2.21. The summed E-state index contributed by atoms with van der Waals surface area (Å²) >= 11 is 3.27. The van der Waals surface area contributed by atoms with Crippen LogP contribution < -0.4 is 5.73 Å². The SMILES string of the molecule is Nc1nc(-c2cnn(-c3ccccc3)c2)ncc1Br. The van der Waals surface area contributed by atoms with Gasteiger partial charge in [0.15, 0.2) is 5.82 Å². The number of nitrogens with zero attached hydrogens (tertiary/aromatic N) is 4. The molecule has 0 atom stereocenters. The maximum Gasteiger partial charge on any atom is 0.164 e. The standard InChI is InChI=1S/C13H10BrN5/c14-11-7-16-13(18-12(11)15)9-6-17-19(8-9)10-4-2-1-3-5-10/h1-8H,(H2,15,16,18). The van der Waals surface area contributed by atoms with E-state index in [2.05, 4.69) is 31.0 Å². The highest BCUT2D eigenvalue weighted by Gasteiger charge is 2.07. The number of anilines is 1. The lowest BCUT2D eigenvalue weighted by Crippen LogP contribution is -1.96.